The normalized spacial score (nSPS) is 16.0. The molecule has 1 aliphatic rings. The van der Waals surface area contributed by atoms with Crippen molar-refractivity contribution in [2.24, 2.45) is 0 Å². The zero-order valence-corrected chi connectivity index (χ0v) is 12.3. The maximum absolute atomic E-state index is 12.1. The molecular weight excluding hydrogens is 286 g/mol. The molecule has 0 aromatic carbocycles. The van der Waals surface area contributed by atoms with Gasteiger partial charge in [-0.05, 0) is 12.1 Å². The maximum atomic E-state index is 12.1. The lowest BCUT2D eigenvalue weighted by Crippen LogP contribution is -2.42. The monoisotopic (exact) mass is 305 g/mol. The predicted molar refractivity (Wildman–Crippen MR) is 79.7 cm³/mol. The van der Waals surface area contributed by atoms with Crippen molar-refractivity contribution in [3.63, 3.8) is 0 Å². The van der Waals surface area contributed by atoms with E-state index in [1.807, 2.05) is 0 Å². The van der Waals surface area contributed by atoms with Gasteiger partial charge in [-0.25, -0.2) is 4.68 Å². The van der Waals surface area contributed by atoms with Crippen molar-refractivity contribution in [1.29, 1.82) is 0 Å². The summed E-state index contributed by atoms with van der Waals surface area (Å²) in [4.78, 5) is 26.3. The molecule has 1 fully saturated rings. The molecule has 0 bridgehead atoms. The lowest BCUT2D eigenvalue weighted by Gasteiger charge is -2.26. The summed E-state index contributed by atoms with van der Waals surface area (Å²) >= 11 is 0. The fourth-order valence-corrected chi connectivity index (χ4v) is 2.46. The Balaban J connectivity index is 1.52. The van der Waals surface area contributed by atoms with Gasteiger partial charge < -0.3 is 14.5 Å². The van der Waals surface area contributed by atoms with Crippen LogP contribution < -0.4 is 10.9 Å². The third kappa shape index (κ3) is 3.34. The molecule has 1 N–H and O–H groups in total. The first kappa shape index (κ1) is 14.7. The van der Waals surface area contributed by atoms with Crippen molar-refractivity contribution < 1.29 is 9.53 Å². The molecule has 1 amide bonds. The van der Waals surface area contributed by atoms with Crippen LogP contribution >= 0.6 is 0 Å². The first-order valence-corrected chi connectivity index (χ1v) is 7.33. The summed E-state index contributed by atoms with van der Waals surface area (Å²) in [6.45, 7) is 4.54. The molecule has 2 aromatic rings. The number of amides is 1. The van der Waals surface area contributed by atoms with E-state index in [1.54, 1.807) is 22.7 Å². The molecule has 8 heteroatoms. The summed E-state index contributed by atoms with van der Waals surface area (Å²) in [5.41, 5.74) is 0.243. The van der Waals surface area contributed by atoms with Crippen LogP contribution in [0.4, 0.5) is 0 Å². The van der Waals surface area contributed by atoms with Crippen molar-refractivity contribution in [3.8, 4) is 0 Å². The van der Waals surface area contributed by atoms with Gasteiger partial charge in [0.05, 0.1) is 13.2 Å². The van der Waals surface area contributed by atoms with Crippen LogP contribution in [0, 0.1) is 0 Å². The molecule has 0 radical (unpaired) electrons. The summed E-state index contributed by atoms with van der Waals surface area (Å²) in [6.07, 6.45) is 3.27. The highest BCUT2D eigenvalue weighted by atomic mass is 16.5. The van der Waals surface area contributed by atoms with Crippen molar-refractivity contribution in [3.05, 3.63) is 35.0 Å². The van der Waals surface area contributed by atoms with Gasteiger partial charge in [0.1, 0.15) is 18.4 Å². The number of fused-ring (bicyclic) bond motifs is 1. The number of carbonyl (C=O) groups excluding carboxylic acids is 1. The molecule has 118 valence electrons. The summed E-state index contributed by atoms with van der Waals surface area (Å²) in [6, 6.07) is 3.47. The molecule has 2 aromatic heterocycles. The molecule has 22 heavy (non-hydrogen) atoms. The average molecular weight is 305 g/mol. The number of hydrogen-bond acceptors (Lipinski definition) is 5. The van der Waals surface area contributed by atoms with Crippen LogP contribution in [0.3, 0.4) is 0 Å². The van der Waals surface area contributed by atoms with E-state index in [4.69, 9.17) is 4.74 Å². The Hall–Kier alpha value is -2.19. The Bertz CT molecular complexity index is 702. The summed E-state index contributed by atoms with van der Waals surface area (Å²) < 4.78 is 8.08. The van der Waals surface area contributed by atoms with Gasteiger partial charge >= 0.3 is 0 Å². The maximum Gasteiger partial charge on any atom is 0.291 e. The summed E-state index contributed by atoms with van der Waals surface area (Å²) in [7, 11) is 0. The zero-order valence-electron chi connectivity index (χ0n) is 12.3. The van der Waals surface area contributed by atoms with E-state index in [9.17, 15) is 9.59 Å². The van der Waals surface area contributed by atoms with Crippen molar-refractivity contribution in [2.45, 2.75) is 6.54 Å². The first-order valence-electron chi connectivity index (χ1n) is 7.33. The topological polar surface area (TPSA) is 80.9 Å². The smallest absolute Gasteiger partial charge is 0.291 e. The highest BCUT2D eigenvalue weighted by Gasteiger charge is 2.11. The Kier molecular flexibility index (Phi) is 4.50. The van der Waals surface area contributed by atoms with E-state index < -0.39 is 0 Å². The van der Waals surface area contributed by atoms with Gasteiger partial charge in [0.25, 0.3) is 5.56 Å². The molecule has 3 heterocycles. The molecule has 0 atom stereocenters. The van der Waals surface area contributed by atoms with Gasteiger partial charge in [-0.1, -0.05) is 0 Å². The number of ether oxygens (including phenoxy) is 1. The van der Waals surface area contributed by atoms with Gasteiger partial charge in [-0.2, -0.15) is 5.10 Å². The minimum Gasteiger partial charge on any atom is -0.379 e. The average Bonchev–Trinajstić information content (AvgIpc) is 3.01. The third-order valence-corrected chi connectivity index (χ3v) is 3.70. The van der Waals surface area contributed by atoms with E-state index in [0.717, 1.165) is 32.8 Å². The van der Waals surface area contributed by atoms with Crippen LogP contribution in [0.2, 0.25) is 0 Å². The van der Waals surface area contributed by atoms with E-state index in [-0.39, 0.29) is 18.0 Å². The lowest BCUT2D eigenvalue weighted by atomic mass is 10.4. The van der Waals surface area contributed by atoms with Crippen molar-refractivity contribution in [1.82, 2.24) is 24.4 Å². The lowest BCUT2D eigenvalue weighted by molar-refractivity contribution is -0.122. The van der Waals surface area contributed by atoms with E-state index >= 15 is 0 Å². The fourth-order valence-electron chi connectivity index (χ4n) is 2.46. The molecule has 8 nitrogen and oxygen atoms in total. The molecule has 0 spiro atoms. The number of hydrogen-bond donors (Lipinski definition) is 1. The number of morpholine rings is 1. The van der Waals surface area contributed by atoms with Crippen LogP contribution in [-0.4, -0.2) is 64.4 Å². The second-order valence-corrected chi connectivity index (χ2v) is 5.20. The Morgan fingerprint density at radius 2 is 2.18 bits per heavy atom. The summed E-state index contributed by atoms with van der Waals surface area (Å²) in [5.74, 6) is -0.209. The van der Waals surface area contributed by atoms with Crippen molar-refractivity contribution in [2.75, 3.05) is 39.4 Å². The number of aromatic nitrogens is 3. The predicted octanol–water partition coefficient (Wildman–Crippen LogP) is -1.06. The van der Waals surface area contributed by atoms with Crippen LogP contribution in [-0.2, 0) is 16.1 Å². The largest absolute Gasteiger partial charge is 0.379 e. The number of nitrogens with one attached hydrogen (secondary N) is 1. The third-order valence-electron chi connectivity index (χ3n) is 3.70. The van der Waals surface area contributed by atoms with E-state index in [0.29, 0.717) is 12.1 Å². The van der Waals surface area contributed by atoms with Gasteiger partial charge in [0.2, 0.25) is 5.91 Å². The minimum absolute atomic E-state index is 0.0658. The Morgan fingerprint density at radius 1 is 1.36 bits per heavy atom. The number of carbonyl (C=O) groups is 1. The zero-order chi connectivity index (χ0) is 15.4. The molecule has 0 saturated carbocycles. The number of nitrogens with zero attached hydrogens (tertiary/aromatic N) is 4. The van der Waals surface area contributed by atoms with Crippen LogP contribution in [0.1, 0.15) is 0 Å². The Labute approximate surface area is 127 Å². The van der Waals surface area contributed by atoms with Crippen molar-refractivity contribution >= 4 is 11.4 Å². The van der Waals surface area contributed by atoms with E-state index in [2.05, 4.69) is 15.3 Å². The van der Waals surface area contributed by atoms with Gasteiger partial charge in [-0.3, -0.25) is 14.5 Å². The Morgan fingerprint density at radius 3 is 3.00 bits per heavy atom. The van der Waals surface area contributed by atoms with Gasteiger partial charge in [0, 0.05) is 32.4 Å². The molecular formula is C14H19N5O3. The second-order valence-electron chi connectivity index (χ2n) is 5.20. The van der Waals surface area contributed by atoms with Crippen LogP contribution in [0.5, 0.6) is 0 Å². The number of rotatable bonds is 5. The molecule has 1 saturated heterocycles. The van der Waals surface area contributed by atoms with Crippen LogP contribution in [0.15, 0.2) is 29.5 Å². The molecule has 0 unspecified atom stereocenters. The SMILES string of the molecule is O=C(Cn1ncn2cccc2c1=O)NCCN1CCOCC1. The highest BCUT2D eigenvalue weighted by Crippen LogP contribution is 1.96. The minimum atomic E-state index is -0.268. The molecule has 3 rings (SSSR count). The summed E-state index contributed by atoms with van der Waals surface area (Å²) in [5, 5.41) is 6.82. The molecule has 1 aliphatic heterocycles. The standard InChI is InChI=1S/C14H19N5O3/c20-13(15-3-5-17-6-8-22-9-7-17)10-19-14(21)12-2-1-4-18(12)11-16-19/h1-2,4,11H,3,5-10H2,(H,15,20). The van der Waals surface area contributed by atoms with Gasteiger partial charge in [-0.15, -0.1) is 0 Å². The second kappa shape index (κ2) is 6.71. The highest BCUT2D eigenvalue weighted by molar-refractivity contribution is 5.75. The van der Waals surface area contributed by atoms with E-state index in [1.165, 1.54) is 11.0 Å². The first-order chi connectivity index (χ1) is 10.7. The van der Waals surface area contributed by atoms with Gasteiger partial charge in [0.15, 0.2) is 0 Å². The fraction of sp³-hybridized carbons (Fsp3) is 0.500. The quantitative estimate of drug-likeness (QED) is 0.762. The molecule has 0 aliphatic carbocycles. The van der Waals surface area contributed by atoms with Crippen LogP contribution in [0.25, 0.3) is 5.52 Å².